The van der Waals surface area contributed by atoms with Gasteiger partial charge in [-0.1, -0.05) is 13.8 Å². The monoisotopic (exact) mass is 279 g/mol. The van der Waals surface area contributed by atoms with Gasteiger partial charge in [-0.2, -0.15) is 5.20 Å². The molecule has 2 fully saturated rings. The van der Waals surface area contributed by atoms with Crippen molar-refractivity contribution in [3.05, 3.63) is 0 Å². The molecule has 0 aromatic rings. The van der Waals surface area contributed by atoms with Crippen molar-refractivity contribution in [3.63, 3.8) is 0 Å². The zero-order chi connectivity index (χ0) is 13.2. The van der Waals surface area contributed by atoms with E-state index in [1.54, 1.807) is 7.11 Å². The van der Waals surface area contributed by atoms with E-state index in [1.165, 1.54) is 0 Å². The summed E-state index contributed by atoms with van der Waals surface area (Å²) >= 11 is 0. The number of hydrazine groups is 1. The molecule has 0 bridgehead atoms. The lowest BCUT2D eigenvalue weighted by Crippen LogP contribution is -2.51. The van der Waals surface area contributed by atoms with Gasteiger partial charge >= 0.3 is 7.75 Å². The van der Waals surface area contributed by atoms with Crippen LogP contribution in [-0.2, 0) is 18.3 Å². The molecule has 7 nitrogen and oxygen atoms in total. The summed E-state index contributed by atoms with van der Waals surface area (Å²) in [5.41, 5.74) is -0.312. The van der Waals surface area contributed by atoms with Crippen LogP contribution < -0.4 is 10.5 Å². The van der Waals surface area contributed by atoms with Crippen molar-refractivity contribution in [2.75, 3.05) is 39.9 Å². The molecule has 106 valence electrons. The first kappa shape index (κ1) is 14.4. The van der Waals surface area contributed by atoms with E-state index in [0.717, 1.165) is 26.2 Å². The van der Waals surface area contributed by atoms with Gasteiger partial charge in [-0.3, -0.25) is 9.05 Å². The Labute approximate surface area is 108 Å². The van der Waals surface area contributed by atoms with Gasteiger partial charge in [0, 0.05) is 38.7 Å². The van der Waals surface area contributed by atoms with Crippen LogP contribution in [0.2, 0.25) is 0 Å². The van der Waals surface area contributed by atoms with Crippen molar-refractivity contribution in [1.82, 2.24) is 15.5 Å². The predicted octanol–water partition coefficient (Wildman–Crippen LogP) is 0.550. The summed E-state index contributed by atoms with van der Waals surface area (Å²) in [5.74, 6) is 0. The van der Waals surface area contributed by atoms with E-state index in [1.807, 2.05) is 18.9 Å². The summed E-state index contributed by atoms with van der Waals surface area (Å²) in [6.45, 7) is 7.47. The van der Waals surface area contributed by atoms with Crippen molar-refractivity contribution in [3.8, 4) is 0 Å². The van der Waals surface area contributed by atoms with E-state index >= 15 is 0 Å². The van der Waals surface area contributed by atoms with Gasteiger partial charge in [0.1, 0.15) is 0 Å². The number of methoxy groups -OCH3 is 1. The minimum atomic E-state index is -3.31. The Morgan fingerprint density at radius 3 is 2.72 bits per heavy atom. The van der Waals surface area contributed by atoms with Gasteiger partial charge < -0.3 is 10.1 Å². The first-order valence-corrected chi connectivity index (χ1v) is 7.69. The largest absolute Gasteiger partial charge is 0.421 e. The molecule has 0 saturated carbocycles. The van der Waals surface area contributed by atoms with Crippen LogP contribution in [0.4, 0.5) is 0 Å². The van der Waals surface area contributed by atoms with Gasteiger partial charge in [0.25, 0.3) is 0 Å². The molecule has 2 unspecified atom stereocenters. The van der Waals surface area contributed by atoms with Gasteiger partial charge in [0.2, 0.25) is 0 Å². The topological polar surface area (TPSA) is 72.1 Å². The van der Waals surface area contributed by atoms with Crippen molar-refractivity contribution >= 4 is 7.75 Å². The SMILES string of the molecule is COC1OP(=O)(NN2CCNCC2)OCC1(C)C. The minimum Gasteiger partial charge on any atom is -0.355 e. The number of rotatable bonds is 3. The van der Waals surface area contributed by atoms with Crippen LogP contribution in [0.15, 0.2) is 0 Å². The molecular weight excluding hydrogens is 257 g/mol. The van der Waals surface area contributed by atoms with Crippen LogP contribution in [0.3, 0.4) is 0 Å². The van der Waals surface area contributed by atoms with Crippen molar-refractivity contribution < 1.29 is 18.3 Å². The lowest BCUT2D eigenvalue weighted by atomic mass is 9.94. The molecular formula is C10H22N3O4P. The molecule has 18 heavy (non-hydrogen) atoms. The molecule has 2 aliphatic heterocycles. The average molecular weight is 279 g/mol. The molecule has 2 N–H and O–H groups in total. The molecule has 2 heterocycles. The van der Waals surface area contributed by atoms with Crippen LogP contribution in [0.5, 0.6) is 0 Å². The second-order valence-electron chi connectivity index (χ2n) is 5.27. The molecule has 0 aromatic heterocycles. The third kappa shape index (κ3) is 3.30. The predicted molar refractivity (Wildman–Crippen MR) is 66.8 cm³/mol. The molecule has 2 saturated heterocycles. The van der Waals surface area contributed by atoms with Crippen LogP contribution in [0, 0.1) is 5.41 Å². The number of hydrogen-bond donors (Lipinski definition) is 2. The number of piperazine rings is 1. The van der Waals surface area contributed by atoms with Gasteiger partial charge in [0.05, 0.1) is 6.61 Å². The molecule has 2 rings (SSSR count). The molecule has 0 spiro atoms. The number of nitrogens with zero attached hydrogens (tertiary/aromatic N) is 1. The Morgan fingerprint density at radius 1 is 1.44 bits per heavy atom. The van der Waals surface area contributed by atoms with Gasteiger partial charge in [-0.05, 0) is 0 Å². The van der Waals surface area contributed by atoms with E-state index in [4.69, 9.17) is 13.8 Å². The lowest BCUT2D eigenvalue weighted by molar-refractivity contribution is -0.171. The fourth-order valence-electron chi connectivity index (χ4n) is 1.97. The molecule has 8 heteroatoms. The summed E-state index contributed by atoms with van der Waals surface area (Å²) in [7, 11) is -1.76. The Morgan fingerprint density at radius 2 is 2.11 bits per heavy atom. The number of ether oxygens (including phenoxy) is 1. The summed E-state index contributed by atoms with van der Waals surface area (Å²) in [6.07, 6.45) is -0.535. The quantitative estimate of drug-likeness (QED) is 0.731. The van der Waals surface area contributed by atoms with E-state index in [0.29, 0.717) is 6.61 Å². The summed E-state index contributed by atoms with van der Waals surface area (Å²) < 4.78 is 28.6. The summed E-state index contributed by atoms with van der Waals surface area (Å²) in [6, 6.07) is 0. The molecule has 0 aliphatic carbocycles. The third-order valence-corrected chi connectivity index (χ3v) is 4.54. The Kier molecular flexibility index (Phi) is 4.44. The van der Waals surface area contributed by atoms with Crippen LogP contribution in [0.25, 0.3) is 0 Å². The maximum Gasteiger partial charge on any atom is 0.421 e. The highest BCUT2D eigenvalue weighted by atomic mass is 31.2. The van der Waals surface area contributed by atoms with Crippen LogP contribution in [0.1, 0.15) is 13.8 Å². The molecule has 2 aliphatic rings. The maximum absolute atomic E-state index is 12.5. The molecule has 0 amide bonds. The van der Waals surface area contributed by atoms with Gasteiger partial charge in [-0.15, -0.1) is 0 Å². The van der Waals surface area contributed by atoms with Crippen molar-refractivity contribution in [2.45, 2.75) is 20.1 Å². The zero-order valence-corrected chi connectivity index (χ0v) is 12.0. The minimum absolute atomic E-state index is 0.312. The van der Waals surface area contributed by atoms with E-state index < -0.39 is 14.0 Å². The van der Waals surface area contributed by atoms with E-state index in [-0.39, 0.29) is 5.41 Å². The zero-order valence-electron chi connectivity index (χ0n) is 11.1. The van der Waals surface area contributed by atoms with Gasteiger partial charge in [-0.25, -0.2) is 9.57 Å². The molecule has 0 radical (unpaired) electrons. The summed E-state index contributed by atoms with van der Waals surface area (Å²) in [4.78, 5) is 0. The fraction of sp³-hybridized carbons (Fsp3) is 1.00. The number of hydrogen-bond acceptors (Lipinski definition) is 6. The first-order chi connectivity index (χ1) is 8.45. The molecule has 0 aromatic carbocycles. The first-order valence-electron chi connectivity index (χ1n) is 6.15. The maximum atomic E-state index is 12.5. The van der Waals surface area contributed by atoms with Gasteiger partial charge in [0.15, 0.2) is 6.29 Å². The van der Waals surface area contributed by atoms with E-state index in [9.17, 15) is 4.57 Å². The highest BCUT2D eigenvalue weighted by Crippen LogP contribution is 2.53. The average Bonchev–Trinajstić information content (AvgIpc) is 2.34. The fourth-order valence-corrected chi connectivity index (χ4v) is 3.81. The summed E-state index contributed by atoms with van der Waals surface area (Å²) in [5, 5.41) is 7.94. The lowest BCUT2D eigenvalue weighted by Gasteiger charge is -2.41. The second kappa shape index (κ2) is 5.54. The van der Waals surface area contributed by atoms with Crippen molar-refractivity contribution in [2.24, 2.45) is 5.41 Å². The highest BCUT2D eigenvalue weighted by molar-refractivity contribution is 7.51. The smallest absolute Gasteiger partial charge is 0.355 e. The standard InChI is InChI=1S/C10H22N3O4P/c1-10(2)8-16-18(14,17-9(10)15-3)12-13-6-4-11-5-7-13/h9,11H,4-8H2,1-3H3,(H,12,14). The highest BCUT2D eigenvalue weighted by Gasteiger charge is 2.45. The normalized spacial score (nSPS) is 37.6. The Balaban J connectivity index is 1.97. The second-order valence-corrected chi connectivity index (χ2v) is 6.93. The Bertz CT molecular complexity index is 333. The van der Waals surface area contributed by atoms with Crippen LogP contribution >= 0.6 is 7.75 Å². The number of nitrogens with one attached hydrogen (secondary N) is 2. The molecule has 2 atom stereocenters. The van der Waals surface area contributed by atoms with Crippen LogP contribution in [-0.4, -0.2) is 51.2 Å². The Hall–Kier alpha value is -0.0100. The van der Waals surface area contributed by atoms with Crippen molar-refractivity contribution in [1.29, 1.82) is 0 Å². The third-order valence-electron chi connectivity index (χ3n) is 3.07. The van der Waals surface area contributed by atoms with E-state index in [2.05, 4.69) is 10.5 Å².